The second kappa shape index (κ2) is 4.76. The zero-order valence-corrected chi connectivity index (χ0v) is 12.9. The number of para-hydroxylation sites is 1. The molecule has 2 aliphatic heterocycles. The van der Waals surface area contributed by atoms with E-state index in [1.54, 1.807) is 29.2 Å². The van der Waals surface area contributed by atoms with E-state index in [1.165, 1.54) is 11.8 Å². The predicted octanol–water partition coefficient (Wildman–Crippen LogP) is 3.22. The minimum Gasteiger partial charge on any atom is -0.323 e. The highest BCUT2D eigenvalue weighted by atomic mass is 35.5. The van der Waals surface area contributed by atoms with E-state index in [1.807, 2.05) is 24.3 Å². The zero-order valence-electron chi connectivity index (χ0n) is 11.4. The third-order valence-electron chi connectivity index (χ3n) is 3.90. The van der Waals surface area contributed by atoms with Gasteiger partial charge < -0.3 is 5.32 Å². The van der Waals surface area contributed by atoms with Crippen molar-refractivity contribution in [3.05, 3.63) is 59.1 Å². The van der Waals surface area contributed by atoms with E-state index in [4.69, 9.17) is 11.6 Å². The molecule has 0 saturated carbocycles. The number of amides is 2. The first-order chi connectivity index (χ1) is 10.6. The van der Waals surface area contributed by atoms with Crippen LogP contribution in [0, 0.1) is 0 Å². The highest BCUT2D eigenvalue weighted by molar-refractivity contribution is 8.02. The highest BCUT2D eigenvalue weighted by Gasteiger charge is 2.58. The molecule has 2 aliphatic rings. The number of anilines is 2. The van der Waals surface area contributed by atoms with Gasteiger partial charge in [-0.3, -0.25) is 14.5 Å². The molecule has 1 fully saturated rings. The molecule has 1 unspecified atom stereocenters. The average molecular weight is 331 g/mol. The lowest BCUT2D eigenvalue weighted by molar-refractivity contribution is -0.122. The standard InChI is InChI=1S/C16H11ClN2O2S/c17-10-5-7-11(8-6-10)19-14(20)9-22-16(19)12-3-1-2-4-13(12)18-15(16)21/h1-8H,9H2,(H,18,21). The molecule has 6 heteroatoms. The number of carbonyl (C=O) groups is 2. The third-order valence-corrected chi connectivity index (χ3v) is 5.55. The van der Waals surface area contributed by atoms with E-state index >= 15 is 0 Å². The Morgan fingerprint density at radius 1 is 1.09 bits per heavy atom. The summed E-state index contributed by atoms with van der Waals surface area (Å²) >= 11 is 7.28. The van der Waals surface area contributed by atoms with Crippen LogP contribution in [-0.4, -0.2) is 17.6 Å². The molecule has 0 aromatic heterocycles. The monoisotopic (exact) mass is 330 g/mol. The quantitative estimate of drug-likeness (QED) is 0.873. The first-order valence-corrected chi connectivity index (χ1v) is 8.13. The molecule has 1 N–H and O–H groups in total. The van der Waals surface area contributed by atoms with E-state index in [9.17, 15) is 9.59 Å². The van der Waals surface area contributed by atoms with Gasteiger partial charge in [-0.15, -0.1) is 11.8 Å². The third kappa shape index (κ3) is 1.72. The molecule has 1 saturated heterocycles. The summed E-state index contributed by atoms with van der Waals surface area (Å²) in [6.07, 6.45) is 0. The van der Waals surface area contributed by atoms with Gasteiger partial charge in [-0.05, 0) is 30.3 Å². The summed E-state index contributed by atoms with van der Waals surface area (Å²) < 4.78 is 0. The van der Waals surface area contributed by atoms with Gasteiger partial charge in [-0.1, -0.05) is 29.8 Å². The number of rotatable bonds is 1. The van der Waals surface area contributed by atoms with E-state index in [2.05, 4.69) is 5.32 Å². The predicted molar refractivity (Wildman–Crippen MR) is 88.1 cm³/mol. The molecule has 0 radical (unpaired) electrons. The van der Waals surface area contributed by atoms with Crippen LogP contribution in [0.15, 0.2) is 48.5 Å². The minimum absolute atomic E-state index is 0.0841. The van der Waals surface area contributed by atoms with Gasteiger partial charge in [0.2, 0.25) is 10.8 Å². The van der Waals surface area contributed by atoms with Crippen LogP contribution in [0.5, 0.6) is 0 Å². The molecule has 0 bridgehead atoms. The van der Waals surface area contributed by atoms with Crippen LogP contribution in [0.1, 0.15) is 5.56 Å². The van der Waals surface area contributed by atoms with Crippen molar-refractivity contribution >= 4 is 46.6 Å². The van der Waals surface area contributed by atoms with Gasteiger partial charge in [0, 0.05) is 22.0 Å². The summed E-state index contributed by atoms with van der Waals surface area (Å²) in [5, 5.41) is 3.47. The number of halogens is 1. The normalized spacial score (nSPS) is 23.0. The number of hydrogen-bond donors (Lipinski definition) is 1. The molecular formula is C16H11ClN2O2S. The van der Waals surface area contributed by atoms with Gasteiger partial charge >= 0.3 is 0 Å². The fraction of sp³-hybridized carbons (Fsp3) is 0.125. The van der Waals surface area contributed by atoms with Gasteiger partial charge in [-0.2, -0.15) is 0 Å². The van der Waals surface area contributed by atoms with Crippen LogP contribution in [0.25, 0.3) is 0 Å². The molecule has 22 heavy (non-hydrogen) atoms. The second-order valence-electron chi connectivity index (χ2n) is 5.14. The maximum atomic E-state index is 12.7. The highest BCUT2D eigenvalue weighted by Crippen LogP contribution is 2.53. The van der Waals surface area contributed by atoms with Crippen molar-refractivity contribution in [1.82, 2.24) is 0 Å². The van der Waals surface area contributed by atoms with Crippen molar-refractivity contribution in [2.45, 2.75) is 4.87 Å². The molecule has 1 spiro atoms. The lowest BCUT2D eigenvalue weighted by Crippen LogP contribution is -2.47. The van der Waals surface area contributed by atoms with Crippen molar-refractivity contribution in [3.8, 4) is 0 Å². The van der Waals surface area contributed by atoms with Crippen LogP contribution in [0.4, 0.5) is 11.4 Å². The second-order valence-corrected chi connectivity index (χ2v) is 6.74. The molecule has 2 amide bonds. The molecule has 2 aromatic carbocycles. The van der Waals surface area contributed by atoms with Crippen LogP contribution >= 0.6 is 23.4 Å². The molecule has 4 rings (SSSR count). The van der Waals surface area contributed by atoms with Crippen LogP contribution in [-0.2, 0) is 14.5 Å². The number of thioether (sulfide) groups is 1. The Bertz CT molecular complexity index is 793. The maximum Gasteiger partial charge on any atom is 0.266 e. The topological polar surface area (TPSA) is 49.4 Å². The van der Waals surface area contributed by atoms with Gasteiger partial charge in [0.1, 0.15) is 0 Å². The number of fused-ring (bicyclic) bond motifs is 2. The number of nitrogens with zero attached hydrogens (tertiary/aromatic N) is 1. The molecule has 2 aromatic rings. The van der Waals surface area contributed by atoms with Gasteiger partial charge in [0.25, 0.3) is 5.91 Å². The number of carbonyl (C=O) groups excluding carboxylic acids is 2. The smallest absolute Gasteiger partial charge is 0.266 e. The van der Waals surface area contributed by atoms with Crippen molar-refractivity contribution in [1.29, 1.82) is 0 Å². The number of hydrogen-bond acceptors (Lipinski definition) is 3. The number of benzene rings is 2. The van der Waals surface area contributed by atoms with Crippen molar-refractivity contribution in [3.63, 3.8) is 0 Å². The summed E-state index contributed by atoms with van der Waals surface area (Å²) in [6.45, 7) is 0. The fourth-order valence-corrected chi connectivity index (χ4v) is 4.41. The van der Waals surface area contributed by atoms with Crippen LogP contribution in [0.2, 0.25) is 5.02 Å². The van der Waals surface area contributed by atoms with Gasteiger partial charge in [0.05, 0.1) is 5.75 Å². The summed E-state index contributed by atoms with van der Waals surface area (Å²) in [7, 11) is 0. The largest absolute Gasteiger partial charge is 0.323 e. The summed E-state index contributed by atoms with van der Waals surface area (Å²) in [6, 6.07) is 14.5. The Labute approximate surface area is 136 Å². The summed E-state index contributed by atoms with van der Waals surface area (Å²) in [5.41, 5.74) is 2.26. The van der Waals surface area contributed by atoms with Crippen molar-refractivity contribution < 1.29 is 9.59 Å². The van der Waals surface area contributed by atoms with Crippen LogP contribution < -0.4 is 10.2 Å². The molecule has 110 valence electrons. The Morgan fingerprint density at radius 2 is 1.82 bits per heavy atom. The van der Waals surface area contributed by atoms with Gasteiger partial charge in [0.15, 0.2) is 0 Å². The van der Waals surface area contributed by atoms with E-state index in [0.717, 1.165) is 11.3 Å². The molecule has 4 nitrogen and oxygen atoms in total. The lowest BCUT2D eigenvalue weighted by atomic mass is 10.0. The Balaban J connectivity index is 1.92. The van der Waals surface area contributed by atoms with Gasteiger partial charge in [-0.25, -0.2) is 0 Å². The zero-order chi connectivity index (χ0) is 15.3. The Morgan fingerprint density at radius 3 is 2.59 bits per heavy atom. The Kier molecular flexibility index (Phi) is 2.96. The van der Waals surface area contributed by atoms with E-state index < -0.39 is 4.87 Å². The summed E-state index contributed by atoms with van der Waals surface area (Å²) in [5.74, 6) is 0.00312. The molecule has 0 aliphatic carbocycles. The maximum absolute atomic E-state index is 12.7. The van der Waals surface area contributed by atoms with Crippen molar-refractivity contribution in [2.75, 3.05) is 16.0 Å². The lowest BCUT2D eigenvalue weighted by Gasteiger charge is -2.32. The molecular weight excluding hydrogens is 320 g/mol. The minimum atomic E-state index is -1.03. The fourth-order valence-electron chi connectivity index (χ4n) is 2.97. The first kappa shape index (κ1) is 13.7. The first-order valence-electron chi connectivity index (χ1n) is 6.76. The molecule has 1 atom stereocenters. The number of nitrogens with one attached hydrogen (secondary N) is 1. The summed E-state index contributed by atoms with van der Waals surface area (Å²) in [4.78, 5) is 25.7. The van der Waals surface area contributed by atoms with Crippen molar-refractivity contribution in [2.24, 2.45) is 0 Å². The van der Waals surface area contributed by atoms with E-state index in [-0.39, 0.29) is 17.6 Å². The SMILES string of the molecule is O=C1CSC2(C(=O)Nc3ccccc32)N1c1ccc(Cl)cc1. The average Bonchev–Trinajstić information content (AvgIpc) is 3.00. The van der Waals surface area contributed by atoms with E-state index in [0.29, 0.717) is 10.7 Å². The van der Waals surface area contributed by atoms with Crippen LogP contribution in [0.3, 0.4) is 0 Å². The molecule has 2 heterocycles. The Hall–Kier alpha value is -1.98.